The van der Waals surface area contributed by atoms with Crippen molar-refractivity contribution in [1.82, 2.24) is 15.2 Å². The molecule has 0 bridgehead atoms. The Hall–Kier alpha value is -1.33. The van der Waals surface area contributed by atoms with E-state index in [-0.39, 0.29) is 36.0 Å². The van der Waals surface area contributed by atoms with Gasteiger partial charge in [-0.2, -0.15) is 0 Å². The number of nitrogens with zero attached hydrogens (tertiary/aromatic N) is 1. The standard InChI is InChI=1S/C12H17N3O2.ClH/c1-8-9(2)15(6-5-13-8)12(17)10-3-4-14-11(16)7-10;/h3-4,7-9,13H,5-6H2,1-2H3,(H,14,16);1H. The highest BCUT2D eigenvalue weighted by atomic mass is 35.5. The second kappa shape index (κ2) is 6.02. The third-order valence-electron chi connectivity index (χ3n) is 3.32. The molecule has 1 saturated heterocycles. The lowest BCUT2D eigenvalue weighted by molar-refractivity contribution is 0.0602. The van der Waals surface area contributed by atoms with Crippen molar-refractivity contribution in [3.8, 4) is 0 Å². The first-order valence-electron chi connectivity index (χ1n) is 5.82. The first-order chi connectivity index (χ1) is 8.09. The van der Waals surface area contributed by atoms with E-state index in [9.17, 15) is 9.59 Å². The van der Waals surface area contributed by atoms with Crippen LogP contribution in [0.4, 0.5) is 0 Å². The van der Waals surface area contributed by atoms with Crippen LogP contribution in [0.1, 0.15) is 24.2 Å². The van der Waals surface area contributed by atoms with Crippen LogP contribution in [-0.4, -0.2) is 41.0 Å². The van der Waals surface area contributed by atoms with Crippen LogP contribution in [0.2, 0.25) is 0 Å². The molecule has 0 spiro atoms. The summed E-state index contributed by atoms with van der Waals surface area (Å²) in [4.78, 5) is 27.8. The number of aromatic amines is 1. The zero-order valence-electron chi connectivity index (χ0n) is 10.5. The lowest BCUT2D eigenvalue weighted by atomic mass is 10.1. The van der Waals surface area contributed by atoms with Gasteiger partial charge in [-0.15, -0.1) is 12.4 Å². The molecule has 1 fully saturated rings. The van der Waals surface area contributed by atoms with Crippen LogP contribution in [-0.2, 0) is 0 Å². The molecule has 1 aromatic rings. The van der Waals surface area contributed by atoms with Gasteiger partial charge in [-0.25, -0.2) is 0 Å². The molecule has 2 N–H and O–H groups in total. The van der Waals surface area contributed by atoms with Gasteiger partial charge >= 0.3 is 0 Å². The Morgan fingerprint density at radius 2 is 2.17 bits per heavy atom. The molecule has 0 radical (unpaired) electrons. The molecule has 18 heavy (non-hydrogen) atoms. The highest BCUT2D eigenvalue weighted by Gasteiger charge is 2.28. The van der Waals surface area contributed by atoms with Crippen molar-refractivity contribution in [3.63, 3.8) is 0 Å². The summed E-state index contributed by atoms with van der Waals surface area (Å²) in [7, 11) is 0. The maximum atomic E-state index is 12.3. The lowest BCUT2D eigenvalue weighted by Crippen LogP contribution is -2.57. The molecule has 100 valence electrons. The van der Waals surface area contributed by atoms with E-state index in [4.69, 9.17) is 0 Å². The molecule has 2 atom stereocenters. The Labute approximate surface area is 112 Å². The quantitative estimate of drug-likeness (QED) is 0.787. The molecule has 6 heteroatoms. The normalized spacial score (nSPS) is 23.3. The van der Waals surface area contributed by atoms with E-state index >= 15 is 0 Å². The highest BCUT2D eigenvalue weighted by molar-refractivity contribution is 5.94. The summed E-state index contributed by atoms with van der Waals surface area (Å²) < 4.78 is 0. The molecule has 1 aliphatic heterocycles. The number of nitrogens with one attached hydrogen (secondary N) is 2. The molecule has 0 aliphatic carbocycles. The van der Waals surface area contributed by atoms with Gasteiger partial charge in [0.15, 0.2) is 0 Å². The fourth-order valence-electron chi connectivity index (χ4n) is 2.09. The molecule has 1 amide bonds. The zero-order chi connectivity index (χ0) is 12.4. The molecule has 2 heterocycles. The summed E-state index contributed by atoms with van der Waals surface area (Å²) in [5.41, 5.74) is 0.210. The average molecular weight is 272 g/mol. The van der Waals surface area contributed by atoms with Gasteiger partial charge in [0.25, 0.3) is 5.91 Å². The average Bonchev–Trinajstić information content (AvgIpc) is 2.32. The molecule has 0 aromatic carbocycles. The summed E-state index contributed by atoms with van der Waals surface area (Å²) >= 11 is 0. The fourth-order valence-corrected chi connectivity index (χ4v) is 2.09. The summed E-state index contributed by atoms with van der Waals surface area (Å²) in [6.07, 6.45) is 1.51. The number of piperazine rings is 1. The molecule has 5 nitrogen and oxygen atoms in total. The summed E-state index contributed by atoms with van der Waals surface area (Å²) in [6, 6.07) is 3.40. The number of hydrogen-bond acceptors (Lipinski definition) is 3. The van der Waals surface area contributed by atoms with Crippen LogP contribution in [0.3, 0.4) is 0 Å². The van der Waals surface area contributed by atoms with E-state index in [1.54, 1.807) is 6.07 Å². The van der Waals surface area contributed by atoms with E-state index in [2.05, 4.69) is 17.2 Å². The minimum absolute atomic E-state index is 0. The van der Waals surface area contributed by atoms with Gasteiger partial charge in [0.1, 0.15) is 0 Å². The van der Waals surface area contributed by atoms with Crippen molar-refractivity contribution in [2.45, 2.75) is 25.9 Å². The maximum absolute atomic E-state index is 12.3. The van der Waals surface area contributed by atoms with Crippen LogP contribution in [0.5, 0.6) is 0 Å². The van der Waals surface area contributed by atoms with Gasteiger partial charge in [0.05, 0.1) is 0 Å². The third kappa shape index (κ3) is 2.91. The predicted octanol–water partition coefficient (Wildman–Crippen LogP) is 0.619. The molecular formula is C12H18ClN3O2. The number of carbonyl (C=O) groups excluding carboxylic acids is 1. The van der Waals surface area contributed by atoms with Crippen LogP contribution in [0.25, 0.3) is 0 Å². The Balaban J connectivity index is 0.00000162. The van der Waals surface area contributed by atoms with E-state index in [0.717, 1.165) is 6.54 Å². The van der Waals surface area contributed by atoms with Crippen molar-refractivity contribution in [2.75, 3.05) is 13.1 Å². The van der Waals surface area contributed by atoms with Crippen molar-refractivity contribution < 1.29 is 4.79 Å². The van der Waals surface area contributed by atoms with E-state index in [0.29, 0.717) is 12.1 Å². The van der Waals surface area contributed by atoms with Crippen molar-refractivity contribution >= 4 is 18.3 Å². The number of hydrogen-bond donors (Lipinski definition) is 2. The Kier molecular flexibility index (Phi) is 4.93. The van der Waals surface area contributed by atoms with Crippen LogP contribution >= 0.6 is 12.4 Å². The second-order valence-corrected chi connectivity index (χ2v) is 4.42. The van der Waals surface area contributed by atoms with Crippen molar-refractivity contribution in [1.29, 1.82) is 0 Å². The molecule has 1 aromatic heterocycles. The van der Waals surface area contributed by atoms with Gasteiger partial charge in [-0.05, 0) is 19.9 Å². The number of carbonyl (C=O) groups is 1. The first-order valence-corrected chi connectivity index (χ1v) is 5.82. The van der Waals surface area contributed by atoms with E-state index in [1.165, 1.54) is 12.3 Å². The van der Waals surface area contributed by atoms with Crippen molar-refractivity contribution in [2.24, 2.45) is 0 Å². The van der Waals surface area contributed by atoms with Gasteiger partial charge < -0.3 is 15.2 Å². The Bertz CT molecular complexity index is 474. The third-order valence-corrected chi connectivity index (χ3v) is 3.32. The van der Waals surface area contributed by atoms with Crippen molar-refractivity contribution in [3.05, 3.63) is 34.2 Å². The fraction of sp³-hybridized carbons (Fsp3) is 0.500. The van der Waals surface area contributed by atoms with Gasteiger partial charge in [0.2, 0.25) is 5.56 Å². The monoisotopic (exact) mass is 271 g/mol. The summed E-state index contributed by atoms with van der Waals surface area (Å²) in [5, 5.41) is 3.32. The molecule has 1 aliphatic rings. The minimum atomic E-state index is -0.244. The number of amides is 1. The lowest BCUT2D eigenvalue weighted by Gasteiger charge is -2.38. The second-order valence-electron chi connectivity index (χ2n) is 4.42. The van der Waals surface area contributed by atoms with E-state index < -0.39 is 0 Å². The molecule has 2 unspecified atom stereocenters. The van der Waals surface area contributed by atoms with Crippen LogP contribution in [0, 0.1) is 0 Å². The number of H-pyrrole nitrogens is 1. The smallest absolute Gasteiger partial charge is 0.254 e. The number of aromatic nitrogens is 1. The topological polar surface area (TPSA) is 65.2 Å². The largest absolute Gasteiger partial charge is 0.333 e. The number of pyridine rings is 1. The van der Waals surface area contributed by atoms with Gasteiger partial charge in [-0.1, -0.05) is 0 Å². The zero-order valence-corrected chi connectivity index (χ0v) is 11.3. The van der Waals surface area contributed by atoms with Gasteiger partial charge in [0, 0.05) is 43.0 Å². The highest BCUT2D eigenvalue weighted by Crippen LogP contribution is 2.12. The number of rotatable bonds is 1. The summed E-state index contributed by atoms with van der Waals surface area (Å²) in [5.74, 6) is -0.0723. The van der Waals surface area contributed by atoms with E-state index in [1.807, 2.05) is 11.8 Å². The Morgan fingerprint density at radius 3 is 2.83 bits per heavy atom. The molecule has 2 rings (SSSR count). The minimum Gasteiger partial charge on any atom is -0.333 e. The summed E-state index contributed by atoms with van der Waals surface area (Å²) in [6.45, 7) is 5.54. The maximum Gasteiger partial charge on any atom is 0.254 e. The predicted molar refractivity (Wildman–Crippen MR) is 72.3 cm³/mol. The first kappa shape index (κ1) is 14.7. The molecular weight excluding hydrogens is 254 g/mol. The Morgan fingerprint density at radius 1 is 1.44 bits per heavy atom. The van der Waals surface area contributed by atoms with Crippen LogP contribution < -0.4 is 10.9 Å². The SMILES string of the molecule is CC1NCCN(C(=O)c2cc[nH]c(=O)c2)C1C.Cl. The van der Waals surface area contributed by atoms with Gasteiger partial charge in [-0.3, -0.25) is 9.59 Å². The molecule has 0 saturated carbocycles. The number of halogens is 1. The van der Waals surface area contributed by atoms with Crippen LogP contribution in [0.15, 0.2) is 23.1 Å².